The summed E-state index contributed by atoms with van der Waals surface area (Å²) in [5.41, 5.74) is 2.06. The first-order valence-corrected chi connectivity index (χ1v) is 8.18. The van der Waals surface area contributed by atoms with Crippen molar-refractivity contribution in [2.75, 3.05) is 12.4 Å². The van der Waals surface area contributed by atoms with Crippen LogP contribution in [0.5, 0.6) is 0 Å². The molecule has 2 aromatic rings. The molecule has 2 N–H and O–H groups in total. The number of hydrogen-bond donors (Lipinski definition) is 2. The summed E-state index contributed by atoms with van der Waals surface area (Å²) in [6.07, 6.45) is 0. The van der Waals surface area contributed by atoms with Crippen LogP contribution in [0.15, 0.2) is 56.7 Å². The third kappa shape index (κ3) is 4.88. The largest absolute Gasteiger partial charge is 0.326 e. The minimum absolute atomic E-state index is 0.0561. The minimum atomic E-state index is -0.0561. The maximum absolute atomic E-state index is 11.0. The number of benzene rings is 2. The molecule has 0 aliphatic carbocycles. The van der Waals surface area contributed by atoms with Gasteiger partial charge in [-0.3, -0.25) is 4.79 Å². The molecule has 0 radical (unpaired) electrons. The molecule has 0 atom stereocenters. The van der Waals surface area contributed by atoms with E-state index in [9.17, 15) is 4.79 Å². The third-order valence-corrected chi connectivity index (χ3v) is 4.54. The van der Waals surface area contributed by atoms with Gasteiger partial charge >= 0.3 is 0 Å². The fourth-order valence-corrected chi connectivity index (χ4v) is 3.40. The predicted octanol–water partition coefficient (Wildman–Crippen LogP) is 4.28. The maximum atomic E-state index is 11.0. The molecule has 0 spiro atoms. The fraction of sp³-hybridized carbons (Fsp3) is 0.188. The van der Waals surface area contributed by atoms with Gasteiger partial charge in [0, 0.05) is 33.4 Å². The second kappa shape index (κ2) is 7.64. The highest BCUT2D eigenvalue weighted by atomic mass is 79.9. The first-order valence-electron chi connectivity index (χ1n) is 6.57. The second-order valence-corrected chi connectivity index (χ2v) is 6.59. The Kier molecular flexibility index (Phi) is 5.85. The number of anilines is 1. The number of halogens is 1. The predicted molar refractivity (Wildman–Crippen MR) is 91.8 cm³/mol. The Morgan fingerprint density at radius 3 is 2.38 bits per heavy atom. The number of rotatable bonds is 5. The smallest absolute Gasteiger partial charge is 0.221 e. The second-order valence-electron chi connectivity index (χ2n) is 4.59. The highest BCUT2D eigenvalue weighted by Gasteiger charge is 2.03. The Hall–Kier alpha value is -1.30. The molecule has 0 aliphatic heterocycles. The molecule has 0 fully saturated rings. The zero-order valence-electron chi connectivity index (χ0n) is 11.9. The number of carbonyl (C=O) groups excluding carboxylic acids is 1. The van der Waals surface area contributed by atoms with E-state index in [0.717, 1.165) is 21.6 Å². The quantitative estimate of drug-likeness (QED) is 0.831. The van der Waals surface area contributed by atoms with E-state index in [-0.39, 0.29) is 5.91 Å². The standard InChI is InChI=1S/C16H17BrN2OS/c1-11(20)19-13-4-7-14(8-5-13)21-15-6-3-12(10-18-2)16(17)9-15/h3-9,18H,10H2,1-2H3,(H,19,20). The van der Waals surface area contributed by atoms with Gasteiger partial charge in [0.15, 0.2) is 0 Å². The maximum Gasteiger partial charge on any atom is 0.221 e. The van der Waals surface area contributed by atoms with E-state index >= 15 is 0 Å². The molecule has 0 saturated carbocycles. The Bertz CT molecular complexity index is 629. The Balaban J connectivity index is 2.07. The molecule has 0 saturated heterocycles. The summed E-state index contributed by atoms with van der Waals surface area (Å²) in [4.78, 5) is 13.3. The number of hydrogen-bond acceptors (Lipinski definition) is 3. The molecular weight excluding hydrogens is 348 g/mol. The van der Waals surface area contributed by atoms with Gasteiger partial charge in [0.1, 0.15) is 0 Å². The summed E-state index contributed by atoms with van der Waals surface area (Å²) in [5, 5.41) is 5.91. The number of nitrogens with one attached hydrogen (secondary N) is 2. The van der Waals surface area contributed by atoms with Crippen molar-refractivity contribution in [3.05, 3.63) is 52.5 Å². The molecule has 3 nitrogen and oxygen atoms in total. The molecule has 0 aromatic heterocycles. The van der Waals surface area contributed by atoms with Gasteiger partial charge in [-0.15, -0.1) is 0 Å². The van der Waals surface area contributed by atoms with Gasteiger partial charge in [-0.25, -0.2) is 0 Å². The van der Waals surface area contributed by atoms with E-state index in [0.29, 0.717) is 0 Å². The number of carbonyl (C=O) groups is 1. The molecule has 2 rings (SSSR count). The first-order chi connectivity index (χ1) is 10.1. The SMILES string of the molecule is CNCc1ccc(Sc2ccc(NC(C)=O)cc2)cc1Br. The van der Waals surface area contributed by atoms with Crippen LogP contribution >= 0.6 is 27.7 Å². The van der Waals surface area contributed by atoms with E-state index in [4.69, 9.17) is 0 Å². The molecule has 0 heterocycles. The lowest BCUT2D eigenvalue weighted by Gasteiger charge is -2.08. The molecule has 2 aromatic carbocycles. The van der Waals surface area contributed by atoms with Gasteiger partial charge in [0.2, 0.25) is 5.91 Å². The average Bonchev–Trinajstić information content (AvgIpc) is 2.44. The molecule has 0 bridgehead atoms. The fourth-order valence-electron chi connectivity index (χ4n) is 1.87. The van der Waals surface area contributed by atoms with Crippen molar-refractivity contribution >= 4 is 39.3 Å². The van der Waals surface area contributed by atoms with Crippen LogP contribution in [0.4, 0.5) is 5.69 Å². The summed E-state index contributed by atoms with van der Waals surface area (Å²) in [6, 6.07) is 14.2. The summed E-state index contributed by atoms with van der Waals surface area (Å²) < 4.78 is 1.11. The van der Waals surface area contributed by atoms with Crippen LogP contribution in [0.3, 0.4) is 0 Å². The van der Waals surface area contributed by atoms with Crippen molar-refractivity contribution in [1.82, 2.24) is 5.32 Å². The van der Waals surface area contributed by atoms with Crippen LogP contribution in [0, 0.1) is 0 Å². The highest BCUT2D eigenvalue weighted by Crippen LogP contribution is 2.31. The Morgan fingerprint density at radius 1 is 1.14 bits per heavy atom. The van der Waals surface area contributed by atoms with Crippen molar-refractivity contribution in [3.8, 4) is 0 Å². The summed E-state index contributed by atoms with van der Waals surface area (Å²) in [5.74, 6) is -0.0561. The monoisotopic (exact) mass is 364 g/mol. The van der Waals surface area contributed by atoms with Gasteiger partial charge in [-0.2, -0.15) is 0 Å². The molecule has 1 amide bonds. The van der Waals surface area contributed by atoms with Crippen LogP contribution in [0.2, 0.25) is 0 Å². The summed E-state index contributed by atoms with van der Waals surface area (Å²) in [7, 11) is 1.94. The van der Waals surface area contributed by atoms with Crippen LogP contribution < -0.4 is 10.6 Å². The van der Waals surface area contributed by atoms with Gasteiger partial charge in [0.05, 0.1) is 0 Å². The van der Waals surface area contributed by atoms with Crippen LogP contribution in [0.25, 0.3) is 0 Å². The lowest BCUT2D eigenvalue weighted by Crippen LogP contribution is -2.05. The van der Waals surface area contributed by atoms with Crippen LogP contribution in [-0.4, -0.2) is 13.0 Å². The van der Waals surface area contributed by atoms with Gasteiger partial charge in [-0.1, -0.05) is 33.8 Å². The van der Waals surface area contributed by atoms with Crippen molar-refractivity contribution in [1.29, 1.82) is 0 Å². The van der Waals surface area contributed by atoms with Crippen LogP contribution in [0.1, 0.15) is 12.5 Å². The third-order valence-electron chi connectivity index (χ3n) is 2.80. The van der Waals surface area contributed by atoms with E-state index in [1.54, 1.807) is 11.8 Å². The van der Waals surface area contributed by atoms with Crippen molar-refractivity contribution in [2.24, 2.45) is 0 Å². The molecular formula is C16H17BrN2OS. The molecule has 0 unspecified atom stereocenters. The molecule has 21 heavy (non-hydrogen) atoms. The van der Waals surface area contributed by atoms with Crippen molar-refractivity contribution in [3.63, 3.8) is 0 Å². The molecule has 0 aliphatic rings. The van der Waals surface area contributed by atoms with Gasteiger partial charge < -0.3 is 10.6 Å². The van der Waals surface area contributed by atoms with E-state index in [1.807, 2.05) is 31.3 Å². The lowest BCUT2D eigenvalue weighted by atomic mass is 10.2. The van der Waals surface area contributed by atoms with Crippen molar-refractivity contribution in [2.45, 2.75) is 23.3 Å². The first kappa shape index (κ1) is 16.1. The zero-order valence-corrected chi connectivity index (χ0v) is 14.3. The minimum Gasteiger partial charge on any atom is -0.326 e. The van der Waals surface area contributed by atoms with Crippen LogP contribution in [-0.2, 0) is 11.3 Å². The van der Waals surface area contributed by atoms with Crippen molar-refractivity contribution < 1.29 is 4.79 Å². The van der Waals surface area contributed by atoms with E-state index < -0.39 is 0 Å². The summed E-state index contributed by atoms with van der Waals surface area (Å²) >= 11 is 5.29. The van der Waals surface area contributed by atoms with E-state index in [2.05, 4.69) is 44.8 Å². The lowest BCUT2D eigenvalue weighted by molar-refractivity contribution is -0.114. The van der Waals surface area contributed by atoms with E-state index in [1.165, 1.54) is 17.4 Å². The molecule has 110 valence electrons. The Labute approximate surface area is 137 Å². The normalized spacial score (nSPS) is 10.4. The Morgan fingerprint density at radius 2 is 1.81 bits per heavy atom. The molecule has 5 heteroatoms. The highest BCUT2D eigenvalue weighted by molar-refractivity contribution is 9.10. The summed E-state index contributed by atoms with van der Waals surface area (Å²) in [6.45, 7) is 2.35. The topological polar surface area (TPSA) is 41.1 Å². The zero-order chi connectivity index (χ0) is 15.2. The van der Waals surface area contributed by atoms with Gasteiger partial charge in [-0.05, 0) is 49.0 Å². The average molecular weight is 365 g/mol. The van der Waals surface area contributed by atoms with Gasteiger partial charge in [0.25, 0.3) is 0 Å². The number of amides is 1.